The zero-order valence-corrected chi connectivity index (χ0v) is 14.6. The zero-order chi connectivity index (χ0) is 19.5. The topological polar surface area (TPSA) is 76.0 Å². The standard InChI is InChI=1S/C22H14N2O4/c25-20(15-9-3-1-4-10-15)24-18-14-8-7-13-17(18)19(21(24)26)23-28-22(27)16-11-5-2-6-12-16/h1-14H/b23-19-. The first kappa shape index (κ1) is 17.4. The Balaban J connectivity index is 1.67. The third-order valence-corrected chi connectivity index (χ3v) is 4.26. The van der Waals surface area contributed by atoms with E-state index in [1.54, 1.807) is 84.9 Å². The fourth-order valence-corrected chi connectivity index (χ4v) is 2.91. The first-order valence-electron chi connectivity index (χ1n) is 8.54. The summed E-state index contributed by atoms with van der Waals surface area (Å²) in [5, 5.41) is 3.77. The minimum absolute atomic E-state index is 0.0934. The van der Waals surface area contributed by atoms with Crippen molar-refractivity contribution in [3.8, 4) is 0 Å². The van der Waals surface area contributed by atoms with Gasteiger partial charge in [0.15, 0.2) is 5.71 Å². The average molecular weight is 370 g/mol. The first-order valence-corrected chi connectivity index (χ1v) is 8.54. The SMILES string of the molecule is O=C(O/N=C1\C(=O)N(C(=O)c2ccccc2)c2ccccc21)c1ccccc1. The molecule has 0 unspecified atom stereocenters. The van der Waals surface area contributed by atoms with Crippen molar-refractivity contribution in [1.29, 1.82) is 0 Å². The van der Waals surface area contributed by atoms with Crippen LogP contribution in [0.3, 0.4) is 0 Å². The maximum atomic E-state index is 12.9. The number of anilines is 1. The molecule has 6 heteroatoms. The molecule has 0 atom stereocenters. The van der Waals surface area contributed by atoms with Crippen molar-refractivity contribution < 1.29 is 19.2 Å². The summed E-state index contributed by atoms with van der Waals surface area (Å²) in [4.78, 5) is 43.9. The van der Waals surface area contributed by atoms with E-state index in [0.29, 0.717) is 22.4 Å². The van der Waals surface area contributed by atoms with Gasteiger partial charge in [-0.2, -0.15) is 0 Å². The molecule has 0 N–H and O–H groups in total. The van der Waals surface area contributed by atoms with Crippen LogP contribution in [-0.4, -0.2) is 23.5 Å². The molecule has 0 saturated heterocycles. The molecular formula is C22H14N2O4. The van der Waals surface area contributed by atoms with Gasteiger partial charge >= 0.3 is 5.97 Å². The smallest absolute Gasteiger partial charge is 0.312 e. The van der Waals surface area contributed by atoms with Crippen molar-refractivity contribution in [3.63, 3.8) is 0 Å². The van der Waals surface area contributed by atoms with Crippen LogP contribution in [0, 0.1) is 0 Å². The van der Waals surface area contributed by atoms with Crippen LogP contribution < -0.4 is 4.90 Å². The Kier molecular flexibility index (Phi) is 4.51. The van der Waals surface area contributed by atoms with Crippen molar-refractivity contribution in [2.45, 2.75) is 0 Å². The third kappa shape index (κ3) is 3.07. The number of hydrogen-bond donors (Lipinski definition) is 0. The Labute approximate surface area is 160 Å². The number of fused-ring (bicyclic) bond motifs is 1. The number of oxime groups is 1. The summed E-state index contributed by atoms with van der Waals surface area (Å²) in [5.41, 5.74) is 1.41. The van der Waals surface area contributed by atoms with E-state index in [1.165, 1.54) is 0 Å². The van der Waals surface area contributed by atoms with Crippen LogP contribution in [0.4, 0.5) is 5.69 Å². The number of benzene rings is 3. The summed E-state index contributed by atoms with van der Waals surface area (Å²) in [7, 11) is 0. The van der Waals surface area contributed by atoms with Gasteiger partial charge in [-0.25, -0.2) is 9.69 Å². The minimum atomic E-state index is -0.689. The van der Waals surface area contributed by atoms with E-state index >= 15 is 0 Å². The molecule has 2 amide bonds. The molecular weight excluding hydrogens is 356 g/mol. The Bertz CT molecular complexity index is 1090. The Morgan fingerprint density at radius 2 is 1.32 bits per heavy atom. The van der Waals surface area contributed by atoms with Gasteiger partial charge in [-0.1, -0.05) is 59.8 Å². The molecule has 0 radical (unpaired) electrons. The van der Waals surface area contributed by atoms with Gasteiger partial charge in [-0.15, -0.1) is 0 Å². The summed E-state index contributed by atoms with van der Waals surface area (Å²) in [6.45, 7) is 0. The van der Waals surface area contributed by atoms with Crippen LogP contribution in [0.5, 0.6) is 0 Å². The van der Waals surface area contributed by atoms with Gasteiger partial charge in [0.2, 0.25) is 0 Å². The van der Waals surface area contributed by atoms with Crippen molar-refractivity contribution in [2.24, 2.45) is 5.16 Å². The molecule has 0 aromatic heterocycles. The van der Waals surface area contributed by atoms with Crippen LogP contribution in [0.2, 0.25) is 0 Å². The van der Waals surface area contributed by atoms with E-state index in [2.05, 4.69) is 5.16 Å². The molecule has 0 spiro atoms. The average Bonchev–Trinajstić information content (AvgIpc) is 3.04. The van der Waals surface area contributed by atoms with Crippen LogP contribution in [0.15, 0.2) is 90.1 Å². The molecule has 0 saturated carbocycles. The normalized spacial score (nSPS) is 14.1. The summed E-state index contributed by atoms with van der Waals surface area (Å²) in [6, 6.07) is 23.5. The van der Waals surface area contributed by atoms with Gasteiger partial charge in [-0.05, 0) is 30.3 Å². The number of para-hydroxylation sites is 1. The molecule has 1 aliphatic heterocycles. The molecule has 1 aliphatic rings. The molecule has 4 rings (SSSR count). The minimum Gasteiger partial charge on any atom is -0.312 e. The van der Waals surface area contributed by atoms with Crippen molar-refractivity contribution in [3.05, 3.63) is 102 Å². The molecule has 3 aromatic carbocycles. The van der Waals surface area contributed by atoms with Gasteiger partial charge in [-0.3, -0.25) is 9.59 Å². The van der Waals surface area contributed by atoms with Crippen LogP contribution >= 0.6 is 0 Å². The number of amides is 2. The highest BCUT2D eigenvalue weighted by Gasteiger charge is 2.39. The molecule has 136 valence electrons. The highest BCUT2D eigenvalue weighted by Crippen LogP contribution is 2.30. The molecule has 0 bridgehead atoms. The van der Waals surface area contributed by atoms with E-state index in [9.17, 15) is 14.4 Å². The Hall–Kier alpha value is -4.06. The molecule has 6 nitrogen and oxygen atoms in total. The third-order valence-electron chi connectivity index (χ3n) is 4.26. The molecule has 0 aliphatic carbocycles. The molecule has 3 aromatic rings. The lowest BCUT2D eigenvalue weighted by molar-refractivity contribution is -0.111. The van der Waals surface area contributed by atoms with Gasteiger partial charge in [0.25, 0.3) is 11.8 Å². The van der Waals surface area contributed by atoms with E-state index < -0.39 is 17.8 Å². The largest absolute Gasteiger partial charge is 0.365 e. The number of carbonyl (C=O) groups is 3. The van der Waals surface area contributed by atoms with Gasteiger partial charge in [0.1, 0.15) is 0 Å². The summed E-state index contributed by atoms with van der Waals surface area (Å²) in [5.74, 6) is -1.81. The maximum absolute atomic E-state index is 12.9. The van der Waals surface area contributed by atoms with E-state index in [1.807, 2.05) is 0 Å². The predicted molar refractivity (Wildman–Crippen MR) is 103 cm³/mol. The summed E-state index contributed by atoms with van der Waals surface area (Å²) >= 11 is 0. The molecule has 0 fully saturated rings. The highest BCUT2D eigenvalue weighted by atomic mass is 16.7. The second kappa shape index (κ2) is 7.28. The van der Waals surface area contributed by atoms with Crippen LogP contribution in [0.25, 0.3) is 0 Å². The lowest BCUT2D eigenvalue weighted by Crippen LogP contribution is -2.36. The van der Waals surface area contributed by atoms with E-state index in [0.717, 1.165) is 4.90 Å². The van der Waals surface area contributed by atoms with Crippen molar-refractivity contribution in [2.75, 3.05) is 4.90 Å². The van der Waals surface area contributed by atoms with Gasteiger partial charge < -0.3 is 4.84 Å². The quantitative estimate of drug-likeness (QED) is 0.402. The Morgan fingerprint density at radius 3 is 2.00 bits per heavy atom. The lowest BCUT2D eigenvalue weighted by Gasteiger charge is -2.14. The second-order valence-electron chi connectivity index (χ2n) is 6.01. The van der Waals surface area contributed by atoms with E-state index in [4.69, 9.17) is 4.84 Å². The van der Waals surface area contributed by atoms with Gasteiger partial charge in [0.05, 0.1) is 11.3 Å². The number of nitrogens with zero attached hydrogens (tertiary/aromatic N) is 2. The number of carbonyl (C=O) groups excluding carboxylic acids is 3. The van der Waals surface area contributed by atoms with Crippen LogP contribution in [-0.2, 0) is 9.63 Å². The highest BCUT2D eigenvalue weighted by molar-refractivity contribution is 6.58. The zero-order valence-electron chi connectivity index (χ0n) is 14.6. The lowest BCUT2D eigenvalue weighted by atomic mass is 10.1. The fourth-order valence-electron chi connectivity index (χ4n) is 2.91. The second-order valence-corrected chi connectivity index (χ2v) is 6.01. The Morgan fingerprint density at radius 1 is 0.750 bits per heavy atom. The van der Waals surface area contributed by atoms with Crippen LogP contribution in [0.1, 0.15) is 26.3 Å². The predicted octanol–water partition coefficient (Wildman–Crippen LogP) is 3.43. The monoisotopic (exact) mass is 370 g/mol. The van der Waals surface area contributed by atoms with Crippen molar-refractivity contribution in [1.82, 2.24) is 0 Å². The van der Waals surface area contributed by atoms with Crippen molar-refractivity contribution >= 4 is 29.2 Å². The number of hydrogen-bond acceptors (Lipinski definition) is 5. The number of imide groups is 1. The van der Waals surface area contributed by atoms with Gasteiger partial charge in [0, 0.05) is 11.1 Å². The summed E-state index contributed by atoms with van der Waals surface area (Å²) in [6.07, 6.45) is 0. The maximum Gasteiger partial charge on any atom is 0.365 e. The first-order chi connectivity index (χ1) is 13.7. The number of rotatable bonds is 3. The fraction of sp³-hybridized carbons (Fsp3) is 0. The van der Waals surface area contributed by atoms with E-state index in [-0.39, 0.29) is 5.71 Å². The molecule has 28 heavy (non-hydrogen) atoms. The summed E-state index contributed by atoms with van der Waals surface area (Å²) < 4.78 is 0. The molecule has 1 heterocycles.